The summed E-state index contributed by atoms with van der Waals surface area (Å²) in [6.07, 6.45) is 1.63. The Hall–Kier alpha value is -1.39. The van der Waals surface area contributed by atoms with E-state index in [0.29, 0.717) is 34.4 Å². The second kappa shape index (κ2) is 7.41. The molecule has 0 unspecified atom stereocenters. The van der Waals surface area contributed by atoms with Crippen LogP contribution in [-0.4, -0.2) is 18.1 Å². The highest BCUT2D eigenvalue weighted by molar-refractivity contribution is 7.99. The lowest BCUT2D eigenvalue weighted by molar-refractivity contribution is 0.102. The summed E-state index contributed by atoms with van der Waals surface area (Å²) in [6.45, 7) is 2.44. The van der Waals surface area contributed by atoms with E-state index >= 15 is 0 Å². The Morgan fingerprint density at radius 3 is 2.90 bits per heavy atom. The Kier molecular flexibility index (Phi) is 5.56. The zero-order valence-electron chi connectivity index (χ0n) is 11.1. The van der Waals surface area contributed by atoms with E-state index in [-0.39, 0.29) is 5.78 Å². The van der Waals surface area contributed by atoms with Crippen molar-refractivity contribution >= 4 is 29.1 Å². The second-order valence-corrected chi connectivity index (χ2v) is 5.47. The van der Waals surface area contributed by atoms with Crippen LogP contribution in [-0.2, 0) is 5.75 Å². The van der Waals surface area contributed by atoms with E-state index in [1.165, 1.54) is 11.8 Å². The fourth-order valence-corrected chi connectivity index (χ4v) is 2.72. The lowest BCUT2D eigenvalue weighted by atomic mass is 10.1. The van der Waals surface area contributed by atoms with E-state index in [2.05, 4.69) is 0 Å². The Morgan fingerprint density at radius 2 is 2.25 bits per heavy atom. The fraction of sp³-hybridized carbons (Fsp3) is 0.267. The SMILES string of the molecule is CCOc1ccc(C(=O)CSCc2ccco2)cc1Cl. The Balaban J connectivity index is 1.90. The third kappa shape index (κ3) is 4.05. The number of ether oxygens (including phenoxy) is 1. The highest BCUT2D eigenvalue weighted by atomic mass is 35.5. The van der Waals surface area contributed by atoms with Gasteiger partial charge in [-0.3, -0.25) is 4.79 Å². The normalized spacial score (nSPS) is 10.5. The molecule has 0 saturated heterocycles. The van der Waals surface area contributed by atoms with Gasteiger partial charge in [0.1, 0.15) is 11.5 Å². The van der Waals surface area contributed by atoms with Crippen LogP contribution in [0.2, 0.25) is 5.02 Å². The van der Waals surface area contributed by atoms with Gasteiger partial charge in [0.25, 0.3) is 0 Å². The second-order valence-electron chi connectivity index (χ2n) is 4.07. The molecule has 0 fully saturated rings. The molecule has 106 valence electrons. The Morgan fingerprint density at radius 1 is 1.40 bits per heavy atom. The minimum Gasteiger partial charge on any atom is -0.492 e. The number of benzene rings is 1. The monoisotopic (exact) mass is 310 g/mol. The number of ketones is 1. The smallest absolute Gasteiger partial charge is 0.172 e. The molecule has 0 amide bonds. The van der Waals surface area contributed by atoms with Gasteiger partial charge in [-0.2, -0.15) is 0 Å². The zero-order valence-corrected chi connectivity index (χ0v) is 12.7. The predicted molar refractivity (Wildman–Crippen MR) is 81.8 cm³/mol. The van der Waals surface area contributed by atoms with E-state index in [9.17, 15) is 4.79 Å². The molecule has 3 nitrogen and oxygen atoms in total. The molecular weight excluding hydrogens is 296 g/mol. The number of Topliss-reactive ketones (excluding diaryl/α,β-unsaturated/α-hetero) is 1. The van der Waals surface area contributed by atoms with Crippen LogP contribution in [0, 0.1) is 0 Å². The summed E-state index contributed by atoms with van der Waals surface area (Å²) in [6, 6.07) is 8.86. The first-order valence-electron chi connectivity index (χ1n) is 6.26. The van der Waals surface area contributed by atoms with Crippen LogP contribution in [0.5, 0.6) is 5.75 Å². The third-order valence-corrected chi connectivity index (χ3v) is 3.86. The minimum absolute atomic E-state index is 0.0477. The van der Waals surface area contributed by atoms with Crippen molar-refractivity contribution in [2.24, 2.45) is 0 Å². The summed E-state index contributed by atoms with van der Waals surface area (Å²) < 4.78 is 10.6. The molecule has 0 aliphatic carbocycles. The van der Waals surface area contributed by atoms with Crippen molar-refractivity contribution in [1.82, 2.24) is 0 Å². The van der Waals surface area contributed by atoms with Gasteiger partial charge in [0.05, 0.1) is 29.4 Å². The van der Waals surface area contributed by atoms with E-state index in [1.807, 2.05) is 19.1 Å². The summed E-state index contributed by atoms with van der Waals surface area (Å²) >= 11 is 7.59. The quantitative estimate of drug-likeness (QED) is 0.708. The van der Waals surface area contributed by atoms with E-state index in [0.717, 1.165) is 5.76 Å². The zero-order chi connectivity index (χ0) is 14.4. The minimum atomic E-state index is 0.0477. The van der Waals surface area contributed by atoms with E-state index < -0.39 is 0 Å². The molecule has 0 spiro atoms. The van der Waals surface area contributed by atoms with Gasteiger partial charge in [0.2, 0.25) is 0 Å². The van der Waals surface area contributed by atoms with Crippen LogP contribution < -0.4 is 4.74 Å². The fourth-order valence-electron chi connectivity index (χ4n) is 1.67. The number of carbonyl (C=O) groups excluding carboxylic acids is 1. The summed E-state index contributed by atoms with van der Waals surface area (Å²) in [5.74, 6) is 2.60. The molecule has 0 saturated carbocycles. The molecule has 5 heteroatoms. The molecule has 1 aromatic heterocycles. The molecule has 2 rings (SSSR count). The van der Waals surface area contributed by atoms with Crippen molar-refractivity contribution in [2.75, 3.05) is 12.4 Å². The van der Waals surface area contributed by atoms with Crippen LogP contribution in [0.1, 0.15) is 23.0 Å². The largest absolute Gasteiger partial charge is 0.492 e. The van der Waals surface area contributed by atoms with E-state index in [4.69, 9.17) is 20.8 Å². The van der Waals surface area contributed by atoms with Crippen LogP contribution in [0.15, 0.2) is 41.0 Å². The number of hydrogen-bond donors (Lipinski definition) is 0. The average Bonchev–Trinajstić information content (AvgIpc) is 2.94. The molecule has 0 aliphatic heterocycles. The number of hydrogen-bond acceptors (Lipinski definition) is 4. The molecule has 0 aliphatic rings. The molecule has 20 heavy (non-hydrogen) atoms. The first kappa shape index (κ1) is 15.0. The third-order valence-electron chi connectivity index (χ3n) is 2.61. The Labute approximate surface area is 127 Å². The standard InChI is InChI=1S/C15H15ClO3S/c1-2-18-15-6-5-11(8-13(15)16)14(17)10-20-9-12-4-3-7-19-12/h3-8H,2,9-10H2,1H3. The van der Waals surface area contributed by atoms with Crippen LogP contribution in [0.4, 0.5) is 0 Å². The van der Waals surface area contributed by atoms with Crippen LogP contribution in [0.25, 0.3) is 0 Å². The number of thioether (sulfide) groups is 1. The first-order chi connectivity index (χ1) is 9.70. The molecule has 1 heterocycles. The van der Waals surface area contributed by atoms with Gasteiger partial charge >= 0.3 is 0 Å². The maximum absolute atomic E-state index is 12.0. The molecule has 0 N–H and O–H groups in total. The summed E-state index contributed by atoms with van der Waals surface area (Å²) in [5.41, 5.74) is 0.602. The summed E-state index contributed by atoms with van der Waals surface area (Å²) in [4.78, 5) is 12.0. The molecular formula is C15H15ClO3S. The predicted octanol–water partition coefficient (Wildman–Crippen LogP) is 4.45. The molecule has 0 radical (unpaired) electrons. The van der Waals surface area contributed by atoms with Crippen molar-refractivity contribution in [3.05, 3.63) is 52.9 Å². The first-order valence-corrected chi connectivity index (χ1v) is 7.79. The van der Waals surface area contributed by atoms with Gasteiger partial charge in [-0.25, -0.2) is 0 Å². The van der Waals surface area contributed by atoms with Crippen LogP contribution >= 0.6 is 23.4 Å². The van der Waals surface area contributed by atoms with Gasteiger partial charge in [-0.05, 0) is 37.3 Å². The van der Waals surface area contributed by atoms with Gasteiger partial charge in [0.15, 0.2) is 5.78 Å². The van der Waals surface area contributed by atoms with Crippen molar-refractivity contribution in [1.29, 1.82) is 0 Å². The molecule has 0 bridgehead atoms. The van der Waals surface area contributed by atoms with Crippen LogP contribution in [0.3, 0.4) is 0 Å². The lowest BCUT2D eigenvalue weighted by Gasteiger charge is -2.07. The van der Waals surface area contributed by atoms with Gasteiger partial charge in [-0.15, -0.1) is 11.8 Å². The molecule has 2 aromatic rings. The van der Waals surface area contributed by atoms with Gasteiger partial charge < -0.3 is 9.15 Å². The van der Waals surface area contributed by atoms with Gasteiger partial charge in [0, 0.05) is 5.56 Å². The summed E-state index contributed by atoms with van der Waals surface area (Å²) in [5, 5.41) is 0.466. The van der Waals surface area contributed by atoms with Crippen molar-refractivity contribution < 1.29 is 13.9 Å². The number of carbonyl (C=O) groups is 1. The number of rotatable bonds is 7. The average molecular weight is 311 g/mol. The Bertz CT molecular complexity index is 567. The maximum Gasteiger partial charge on any atom is 0.172 e. The number of halogens is 1. The summed E-state index contributed by atoms with van der Waals surface area (Å²) in [7, 11) is 0. The number of furan rings is 1. The van der Waals surface area contributed by atoms with Crippen molar-refractivity contribution in [3.63, 3.8) is 0 Å². The van der Waals surface area contributed by atoms with Crippen molar-refractivity contribution in [2.45, 2.75) is 12.7 Å². The highest BCUT2D eigenvalue weighted by Gasteiger charge is 2.10. The maximum atomic E-state index is 12.0. The topological polar surface area (TPSA) is 39.4 Å². The van der Waals surface area contributed by atoms with Crippen molar-refractivity contribution in [3.8, 4) is 5.75 Å². The van der Waals surface area contributed by atoms with E-state index in [1.54, 1.807) is 24.5 Å². The molecule has 0 atom stereocenters. The van der Waals surface area contributed by atoms with Gasteiger partial charge in [-0.1, -0.05) is 11.6 Å². The molecule has 1 aromatic carbocycles. The highest BCUT2D eigenvalue weighted by Crippen LogP contribution is 2.26. The lowest BCUT2D eigenvalue weighted by Crippen LogP contribution is -2.03.